The molecule has 1 aliphatic rings. The molecule has 1 unspecified atom stereocenters. The molecule has 0 aromatic heterocycles. The van der Waals surface area contributed by atoms with Crippen molar-refractivity contribution in [1.82, 2.24) is 10.6 Å². The predicted octanol–water partition coefficient (Wildman–Crippen LogP) is 3.17. The molecule has 0 saturated carbocycles. The van der Waals surface area contributed by atoms with Crippen molar-refractivity contribution in [1.29, 1.82) is 0 Å². The highest BCUT2D eigenvalue weighted by Gasteiger charge is 2.13. The minimum absolute atomic E-state index is 0. The summed E-state index contributed by atoms with van der Waals surface area (Å²) in [6.45, 7) is 3.53. The zero-order valence-corrected chi connectivity index (χ0v) is 18.6. The summed E-state index contributed by atoms with van der Waals surface area (Å²) in [5.74, 6) is 3.87. The van der Waals surface area contributed by atoms with Crippen LogP contribution in [-0.4, -0.2) is 39.6 Å². The largest absolute Gasteiger partial charge is 0.497 e. The van der Waals surface area contributed by atoms with Gasteiger partial charge in [-0.3, -0.25) is 4.99 Å². The highest BCUT2D eigenvalue weighted by atomic mass is 127. The molecular formula is C20H26IN3O4. The molecule has 0 spiro atoms. The Morgan fingerprint density at radius 3 is 2.50 bits per heavy atom. The zero-order chi connectivity index (χ0) is 19.1. The summed E-state index contributed by atoms with van der Waals surface area (Å²) in [6, 6.07) is 13.4. The average Bonchev–Trinajstić information content (AvgIpc) is 3.16. The van der Waals surface area contributed by atoms with Gasteiger partial charge in [-0.2, -0.15) is 0 Å². The van der Waals surface area contributed by atoms with E-state index < -0.39 is 0 Å². The first-order valence-electron chi connectivity index (χ1n) is 8.81. The number of guanidine groups is 1. The third kappa shape index (κ3) is 6.08. The number of halogens is 1. The van der Waals surface area contributed by atoms with Crippen molar-refractivity contribution in [3.63, 3.8) is 0 Å². The van der Waals surface area contributed by atoms with Crippen molar-refractivity contribution < 1.29 is 18.9 Å². The van der Waals surface area contributed by atoms with Gasteiger partial charge in [0.1, 0.15) is 17.6 Å². The maximum Gasteiger partial charge on any atom is 0.231 e. The van der Waals surface area contributed by atoms with E-state index in [0.29, 0.717) is 19.0 Å². The molecule has 1 heterocycles. The molecule has 0 fully saturated rings. The Labute approximate surface area is 182 Å². The van der Waals surface area contributed by atoms with Crippen LogP contribution in [0.2, 0.25) is 0 Å². The van der Waals surface area contributed by atoms with Crippen LogP contribution in [0.1, 0.15) is 12.5 Å². The topological polar surface area (TPSA) is 73.3 Å². The molecule has 8 heteroatoms. The minimum atomic E-state index is -0.0255. The van der Waals surface area contributed by atoms with E-state index in [0.717, 1.165) is 28.6 Å². The molecule has 2 aromatic rings. The number of hydrogen-bond donors (Lipinski definition) is 2. The average molecular weight is 499 g/mol. The van der Waals surface area contributed by atoms with Gasteiger partial charge in [0.2, 0.25) is 6.79 Å². The number of aliphatic imine (C=N–C) groups is 1. The van der Waals surface area contributed by atoms with Gasteiger partial charge >= 0.3 is 0 Å². The van der Waals surface area contributed by atoms with Crippen molar-refractivity contribution in [3.8, 4) is 23.0 Å². The zero-order valence-electron chi connectivity index (χ0n) is 16.2. The summed E-state index contributed by atoms with van der Waals surface area (Å²) in [7, 11) is 3.38. The fourth-order valence-corrected chi connectivity index (χ4v) is 2.63. The third-order valence-electron chi connectivity index (χ3n) is 4.07. The summed E-state index contributed by atoms with van der Waals surface area (Å²) in [5.41, 5.74) is 1.09. The SMILES string of the molecule is CN=C(NCc1ccc2c(c1)OCO2)NCC(C)Oc1ccc(OC)cc1.I. The van der Waals surface area contributed by atoms with Crippen LogP contribution >= 0.6 is 24.0 Å². The van der Waals surface area contributed by atoms with Crippen LogP contribution in [0.4, 0.5) is 0 Å². The van der Waals surface area contributed by atoms with Crippen molar-refractivity contribution in [2.45, 2.75) is 19.6 Å². The molecule has 0 saturated heterocycles. The monoisotopic (exact) mass is 499 g/mol. The number of hydrogen-bond acceptors (Lipinski definition) is 5. The van der Waals surface area contributed by atoms with Crippen LogP contribution in [0.3, 0.4) is 0 Å². The summed E-state index contributed by atoms with van der Waals surface area (Å²) in [6.07, 6.45) is -0.0255. The van der Waals surface area contributed by atoms with Crippen LogP contribution in [-0.2, 0) is 6.54 Å². The Kier molecular flexibility index (Phi) is 8.49. The maximum absolute atomic E-state index is 5.89. The van der Waals surface area contributed by atoms with Gasteiger partial charge in [0.15, 0.2) is 17.5 Å². The second kappa shape index (κ2) is 10.8. The lowest BCUT2D eigenvalue weighted by molar-refractivity contribution is 0.174. The fourth-order valence-electron chi connectivity index (χ4n) is 2.63. The van der Waals surface area contributed by atoms with E-state index in [4.69, 9.17) is 18.9 Å². The van der Waals surface area contributed by atoms with Gasteiger partial charge in [-0.25, -0.2) is 0 Å². The first-order valence-corrected chi connectivity index (χ1v) is 8.81. The van der Waals surface area contributed by atoms with E-state index in [1.165, 1.54) is 0 Å². The Bertz CT molecular complexity index is 784. The lowest BCUT2D eigenvalue weighted by Crippen LogP contribution is -2.41. The molecule has 28 heavy (non-hydrogen) atoms. The van der Waals surface area contributed by atoms with Crippen molar-refractivity contribution >= 4 is 29.9 Å². The molecule has 2 N–H and O–H groups in total. The highest BCUT2D eigenvalue weighted by Crippen LogP contribution is 2.32. The molecule has 1 aliphatic heterocycles. The van der Waals surface area contributed by atoms with Gasteiger partial charge in [0.05, 0.1) is 13.7 Å². The first kappa shape index (κ1) is 21.9. The van der Waals surface area contributed by atoms with Gasteiger partial charge in [-0.05, 0) is 48.9 Å². The van der Waals surface area contributed by atoms with Gasteiger partial charge < -0.3 is 29.6 Å². The van der Waals surface area contributed by atoms with Crippen molar-refractivity contribution in [3.05, 3.63) is 48.0 Å². The van der Waals surface area contributed by atoms with E-state index in [1.807, 2.05) is 49.4 Å². The number of nitrogens with one attached hydrogen (secondary N) is 2. The Hall–Kier alpha value is -2.36. The molecule has 0 bridgehead atoms. The number of fused-ring (bicyclic) bond motifs is 1. The molecule has 1 atom stereocenters. The van der Waals surface area contributed by atoms with Gasteiger partial charge in [-0.15, -0.1) is 24.0 Å². The maximum atomic E-state index is 5.89. The van der Waals surface area contributed by atoms with E-state index in [9.17, 15) is 0 Å². The minimum Gasteiger partial charge on any atom is -0.497 e. The van der Waals surface area contributed by atoms with E-state index in [1.54, 1.807) is 14.2 Å². The summed E-state index contributed by atoms with van der Waals surface area (Å²) >= 11 is 0. The third-order valence-corrected chi connectivity index (χ3v) is 4.07. The second-order valence-corrected chi connectivity index (χ2v) is 6.10. The molecule has 3 rings (SSSR count). The quantitative estimate of drug-likeness (QED) is 0.347. The summed E-state index contributed by atoms with van der Waals surface area (Å²) in [5, 5.41) is 6.55. The molecule has 7 nitrogen and oxygen atoms in total. The lowest BCUT2D eigenvalue weighted by Gasteiger charge is -2.18. The predicted molar refractivity (Wildman–Crippen MR) is 119 cm³/mol. The molecule has 0 amide bonds. The van der Waals surface area contributed by atoms with Crippen LogP contribution in [0, 0.1) is 0 Å². The Balaban J connectivity index is 0.00000280. The number of nitrogens with zero attached hydrogens (tertiary/aromatic N) is 1. The van der Waals surface area contributed by atoms with E-state index >= 15 is 0 Å². The van der Waals surface area contributed by atoms with Crippen LogP contribution < -0.4 is 29.6 Å². The highest BCUT2D eigenvalue weighted by molar-refractivity contribution is 14.0. The van der Waals surface area contributed by atoms with E-state index in [2.05, 4.69) is 15.6 Å². The molecule has 152 valence electrons. The summed E-state index contributed by atoms with van der Waals surface area (Å²) in [4.78, 5) is 4.24. The lowest BCUT2D eigenvalue weighted by atomic mass is 10.2. The number of rotatable bonds is 7. The number of methoxy groups -OCH3 is 1. The van der Waals surface area contributed by atoms with Crippen molar-refractivity contribution in [2.24, 2.45) is 4.99 Å². The number of benzene rings is 2. The smallest absolute Gasteiger partial charge is 0.231 e. The number of ether oxygens (including phenoxy) is 4. The Morgan fingerprint density at radius 2 is 1.79 bits per heavy atom. The van der Waals surface area contributed by atoms with Gasteiger partial charge in [0.25, 0.3) is 0 Å². The van der Waals surface area contributed by atoms with E-state index in [-0.39, 0.29) is 36.9 Å². The normalized spacial score (nSPS) is 13.3. The van der Waals surface area contributed by atoms with Gasteiger partial charge in [-0.1, -0.05) is 6.07 Å². The van der Waals surface area contributed by atoms with Crippen LogP contribution in [0.15, 0.2) is 47.5 Å². The van der Waals surface area contributed by atoms with Crippen LogP contribution in [0.25, 0.3) is 0 Å². The van der Waals surface area contributed by atoms with Crippen LogP contribution in [0.5, 0.6) is 23.0 Å². The summed E-state index contributed by atoms with van der Waals surface area (Å²) < 4.78 is 21.8. The Morgan fingerprint density at radius 1 is 1.07 bits per heavy atom. The first-order chi connectivity index (χ1) is 13.2. The van der Waals surface area contributed by atoms with Gasteiger partial charge in [0, 0.05) is 13.6 Å². The molecular weight excluding hydrogens is 473 g/mol. The molecule has 2 aromatic carbocycles. The fraction of sp³-hybridized carbons (Fsp3) is 0.350. The standard InChI is InChI=1S/C20H25N3O4.HI/c1-14(27-17-7-5-16(24-3)6-8-17)11-22-20(21-2)23-12-15-4-9-18-19(10-15)26-13-25-18;/h4-10,14H,11-13H2,1-3H3,(H2,21,22,23);1H. The van der Waals surface area contributed by atoms with Crippen molar-refractivity contribution in [2.75, 3.05) is 27.5 Å². The molecule has 0 radical (unpaired) electrons. The second-order valence-electron chi connectivity index (χ2n) is 6.10. The molecule has 0 aliphatic carbocycles.